The lowest BCUT2D eigenvalue weighted by Gasteiger charge is -2.33. The van der Waals surface area contributed by atoms with E-state index in [4.69, 9.17) is 4.74 Å². The number of rotatable bonds is 4. The molecule has 0 saturated carbocycles. The molecule has 0 fully saturated rings. The summed E-state index contributed by atoms with van der Waals surface area (Å²) in [7, 11) is 1.54. The minimum atomic E-state index is -4.40. The van der Waals surface area contributed by atoms with Gasteiger partial charge in [-0.15, -0.1) is 0 Å². The molecule has 1 atom stereocenters. The van der Waals surface area contributed by atoms with Gasteiger partial charge in [-0.25, -0.2) is 0 Å². The van der Waals surface area contributed by atoms with Gasteiger partial charge in [0.1, 0.15) is 12.3 Å². The summed E-state index contributed by atoms with van der Waals surface area (Å²) < 4.78 is 43.5. The fraction of sp³-hybridized carbons (Fsp3) is 0.300. The van der Waals surface area contributed by atoms with Crippen molar-refractivity contribution in [2.45, 2.75) is 25.7 Å². The van der Waals surface area contributed by atoms with Gasteiger partial charge < -0.3 is 9.64 Å². The van der Waals surface area contributed by atoms with Gasteiger partial charge in [-0.05, 0) is 36.8 Å². The van der Waals surface area contributed by atoms with Crippen LogP contribution in [0.1, 0.15) is 18.1 Å². The first-order chi connectivity index (χ1) is 13.2. The third kappa shape index (κ3) is 4.11. The minimum absolute atomic E-state index is 0.132. The Kier molecular flexibility index (Phi) is 5.31. The number of carbonyl (C=O) groups is 2. The number of likely N-dealkylation sites (N-methyl/N-ethyl adjacent to an activating group) is 1. The van der Waals surface area contributed by atoms with E-state index in [-0.39, 0.29) is 24.9 Å². The zero-order chi connectivity index (χ0) is 20.5. The molecule has 1 aliphatic heterocycles. The van der Waals surface area contributed by atoms with Gasteiger partial charge in [0.25, 0.3) is 5.91 Å². The van der Waals surface area contributed by atoms with Crippen LogP contribution in [0.25, 0.3) is 0 Å². The highest BCUT2D eigenvalue weighted by molar-refractivity contribution is 6.03. The molecule has 5 nitrogen and oxygen atoms in total. The molecular weight excluding hydrogens is 373 g/mol. The second kappa shape index (κ2) is 7.53. The fourth-order valence-electron chi connectivity index (χ4n) is 2.94. The van der Waals surface area contributed by atoms with Gasteiger partial charge in [-0.2, -0.15) is 13.2 Å². The largest absolute Gasteiger partial charge is 0.479 e. The molecule has 0 aliphatic carbocycles. The molecule has 2 aromatic carbocycles. The quantitative estimate of drug-likeness (QED) is 0.801. The van der Waals surface area contributed by atoms with Crippen LogP contribution >= 0.6 is 0 Å². The van der Waals surface area contributed by atoms with Gasteiger partial charge >= 0.3 is 6.18 Å². The van der Waals surface area contributed by atoms with E-state index < -0.39 is 17.8 Å². The highest BCUT2D eigenvalue weighted by Gasteiger charge is 2.33. The molecule has 1 heterocycles. The zero-order valence-electron chi connectivity index (χ0n) is 15.4. The number of anilines is 1. The van der Waals surface area contributed by atoms with Crippen molar-refractivity contribution in [3.8, 4) is 5.75 Å². The lowest BCUT2D eigenvalue weighted by molar-refractivity contribution is -0.137. The number of nitrogens with zero attached hydrogens (tertiary/aromatic N) is 2. The van der Waals surface area contributed by atoms with Crippen LogP contribution in [0.5, 0.6) is 5.75 Å². The summed E-state index contributed by atoms with van der Waals surface area (Å²) in [6.07, 6.45) is -5.11. The Morgan fingerprint density at radius 2 is 1.79 bits per heavy atom. The number of amides is 2. The molecule has 3 rings (SSSR count). The van der Waals surface area contributed by atoms with Crippen molar-refractivity contribution in [2.24, 2.45) is 0 Å². The summed E-state index contributed by atoms with van der Waals surface area (Å²) in [5.74, 6) is -0.139. The maximum absolute atomic E-state index is 12.6. The SMILES string of the molecule is CC1Oc2ccccc2N(CC(=O)N(C)Cc2ccc(C(F)(F)F)cc2)C1=O. The third-order valence-corrected chi connectivity index (χ3v) is 4.49. The van der Waals surface area contributed by atoms with Crippen molar-refractivity contribution in [2.75, 3.05) is 18.5 Å². The fourth-order valence-corrected chi connectivity index (χ4v) is 2.94. The Morgan fingerprint density at radius 1 is 1.14 bits per heavy atom. The monoisotopic (exact) mass is 392 g/mol. The smallest absolute Gasteiger partial charge is 0.416 e. The first kappa shape index (κ1) is 19.7. The normalized spacial score (nSPS) is 16.4. The number of halogens is 3. The zero-order valence-corrected chi connectivity index (χ0v) is 15.4. The summed E-state index contributed by atoms with van der Waals surface area (Å²) in [6.45, 7) is 1.56. The summed E-state index contributed by atoms with van der Waals surface area (Å²) >= 11 is 0. The number of hydrogen-bond donors (Lipinski definition) is 0. The molecule has 0 N–H and O–H groups in total. The first-order valence-corrected chi connectivity index (χ1v) is 8.64. The summed E-state index contributed by atoms with van der Waals surface area (Å²) in [6, 6.07) is 11.6. The van der Waals surface area contributed by atoms with Gasteiger partial charge in [0, 0.05) is 13.6 Å². The third-order valence-electron chi connectivity index (χ3n) is 4.49. The van der Waals surface area contributed by atoms with Gasteiger partial charge in [-0.1, -0.05) is 24.3 Å². The Morgan fingerprint density at radius 3 is 2.43 bits per heavy atom. The molecule has 0 bridgehead atoms. The van der Waals surface area contributed by atoms with Crippen LogP contribution in [-0.2, 0) is 22.3 Å². The first-order valence-electron chi connectivity index (χ1n) is 8.64. The van der Waals surface area contributed by atoms with Gasteiger partial charge in [0.15, 0.2) is 6.10 Å². The maximum Gasteiger partial charge on any atom is 0.416 e. The van der Waals surface area contributed by atoms with Crippen LogP contribution in [0.3, 0.4) is 0 Å². The lowest BCUT2D eigenvalue weighted by Crippen LogP contribution is -2.48. The number of hydrogen-bond acceptors (Lipinski definition) is 3. The Hall–Kier alpha value is -3.03. The summed E-state index contributed by atoms with van der Waals surface area (Å²) in [5.41, 5.74) is 0.336. The van der Waals surface area contributed by atoms with Gasteiger partial charge in [0.05, 0.1) is 11.3 Å². The van der Waals surface area contributed by atoms with E-state index in [1.807, 2.05) is 0 Å². The average Bonchev–Trinajstić information content (AvgIpc) is 2.65. The van der Waals surface area contributed by atoms with Crippen molar-refractivity contribution >= 4 is 17.5 Å². The van der Waals surface area contributed by atoms with Crippen LogP contribution in [0.4, 0.5) is 18.9 Å². The van der Waals surface area contributed by atoms with Crippen LogP contribution in [-0.4, -0.2) is 36.4 Å². The second-order valence-electron chi connectivity index (χ2n) is 6.60. The molecule has 1 aliphatic rings. The van der Waals surface area contributed by atoms with Crippen LogP contribution in [0.2, 0.25) is 0 Å². The predicted octanol–water partition coefficient (Wildman–Crippen LogP) is 3.48. The molecule has 2 amide bonds. The predicted molar refractivity (Wildman–Crippen MR) is 96.8 cm³/mol. The van der Waals surface area contributed by atoms with E-state index in [1.54, 1.807) is 38.2 Å². The number of para-hydroxylation sites is 2. The minimum Gasteiger partial charge on any atom is -0.479 e. The van der Waals surface area contributed by atoms with Crippen molar-refractivity contribution in [1.29, 1.82) is 0 Å². The number of alkyl halides is 3. The van der Waals surface area contributed by atoms with E-state index in [2.05, 4.69) is 0 Å². The number of fused-ring (bicyclic) bond motifs is 1. The standard InChI is InChI=1S/C20H19F3N2O3/c1-13-19(27)25(16-5-3-4-6-17(16)28-13)12-18(26)24(2)11-14-7-9-15(10-8-14)20(21,22)23/h3-10,13H,11-12H2,1-2H3. The molecule has 0 spiro atoms. The van der Waals surface area contributed by atoms with E-state index in [0.717, 1.165) is 12.1 Å². The van der Waals surface area contributed by atoms with E-state index >= 15 is 0 Å². The molecule has 0 aromatic heterocycles. The average molecular weight is 392 g/mol. The molecule has 1 unspecified atom stereocenters. The van der Waals surface area contributed by atoms with E-state index in [1.165, 1.54) is 21.9 Å². The lowest BCUT2D eigenvalue weighted by atomic mass is 10.1. The van der Waals surface area contributed by atoms with Crippen LogP contribution < -0.4 is 9.64 Å². The molecule has 0 saturated heterocycles. The summed E-state index contributed by atoms with van der Waals surface area (Å²) in [4.78, 5) is 27.8. The van der Waals surface area contributed by atoms with Crippen molar-refractivity contribution < 1.29 is 27.5 Å². The number of ether oxygens (including phenoxy) is 1. The highest BCUT2D eigenvalue weighted by Crippen LogP contribution is 2.33. The van der Waals surface area contributed by atoms with Crippen molar-refractivity contribution in [3.05, 3.63) is 59.7 Å². The Balaban J connectivity index is 1.70. The topological polar surface area (TPSA) is 49.9 Å². The Labute approximate surface area is 160 Å². The van der Waals surface area contributed by atoms with E-state index in [9.17, 15) is 22.8 Å². The van der Waals surface area contributed by atoms with Crippen molar-refractivity contribution in [1.82, 2.24) is 4.90 Å². The second-order valence-corrected chi connectivity index (χ2v) is 6.60. The van der Waals surface area contributed by atoms with Gasteiger partial charge in [0.2, 0.25) is 5.91 Å². The van der Waals surface area contributed by atoms with E-state index in [0.29, 0.717) is 17.0 Å². The van der Waals surface area contributed by atoms with Crippen LogP contribution in [0, 0.1) is 0 Å². The molecule has 8 heteroatoms. The molecule has 28 heavy (non-hydrogen) atoms. The summed E-state index contributed by atoms with van der Waals surface area (Å²) in [5, 5.41) is 0. The Bertz CT molecular complexity index is 881. The number of benzene rings is 2. The maximum atomic E-state index is 12.6. The van der Waals surface area contributed by atoms with Crippen LogP contribution in [0.15, 0.2) is 48.5 Å². The molecule has 2 aromatic rings. The molecular formula is C20H19F3N2O3. The molecule has 0 radical (unpaired) electrons. The van der Waals surface area contributed by atoms with Gasteiger partial charge in [-0.3, -0.25) is 14.5 Å². The highest BCUT2D eigenvalue weighted by atomic mass is 19.4. The van der Waals surface area contributed by atoms with Crippen molar-refractivity contribution in [3.63, 3.8) is 0 Å². The molecule has 148 valence electrons. The number of carbonyl (C=O) groups excluding carboxylic acids is 2.